The molecule has 0 heterocycles. The summed E-state index contributed by atoms with van der Waals surface area (Å²) in [5.74, 6) is -0.202. The molecule has 1 N–H and O–H groups in total. The Morgan fingerprint density at radius 3 is 2.90 bits per heavy atom. The second-order valence-corrected chi connectivity index (χ2v) is 6.19. The molecule has 2 aromatic carbocycles. The fraction of sp³-hybridized carbons (Fsp3) is 0.235. The average molecular weight is 348 g/mol. The molecule has 21 heavy (non-hydrogen) atoms. The first-order valence-electron chi connectivity index (χ1n) is 6.94. The quantitative estimate of drug-likeness (QED) is 0.895. The van der Waals surface area contributed by atoms with Crippen LogP contribution in [0, 0.1) is 5.82 Å². The van der Waals surface area contributed by atoms with E-state index < -0.39 is 0 Å². The number of nitrogens with one attached hydrogen (secondary N) is 1. The Hall–Kier alpha value is -1.68. The van der Waals surface area contributed by atoms with Crippen molar-refractivity contribution in [3.8, 4) is 0 Å². The molecular formula is C17H15BrFNO. The van der Waals surface area contributed by atoms with Crippen LogP contribution in [0.3, 0.4) is 0 Å². The standard InChI is InChI=1S/C17H15BrFNO/c18-12-4-1-3-11(9-12)10-17(21)20-16-8-7-13-14(16)5-2-6-15(13)19/h1-6,9,16H,7-8,10H2,(H,20,21). The van der Waals surface area contributed by atoms with Gasteiger partial charge in [0.25, 0.3) is 0 Å². The normalized spacial score (nSPS) is 16.6. The highest BCUT2D eigenvalue weighted by molar-refractivity contribution is 9.10. The minimum Gasteiger partial charge on any atom is -0.349 e. The first-order valence-corrected chi connectivity index (χ1v) is 7.74. The lowest BCUT2D eigenvalue weighted by Gasteiger charge is -2.14. The second-order valence-electron chi connectivity index (χ2n) is 5.27. The van der Waals surface area contributed by atoms with Gasteiger partial charge in [0.2, 0.25) is 5.91 Å². The number of amides is 1. The van der Waals surface area contributed by atoms with Crippen LogP contribution in [-0.4, -0.2) is 5.91 Å². The predicted molar refractivity (Wildman–Crippen MR) is 83.5 cm³/mol. The summed E-state index contributed by atoms with van der Waals surface area (Å²) in [6.07, 6.45) is 1.78. The van der Waals surface area contributed by atoms with E-state index in [1.54, 1.807) is 6.07 Å². The molecule has 4 heteroatoms. The van der Waals surface area contributed by atoms with Gasteiger partial charge in [0.05, 0.1) is 12.5 Å². The molecule has 108 valence electrons. The van der Waals surface area contributed by atoms with Gasteiger partial charge < -0.3 is 5.32 Å². The summed E-state index contributed by atoms with van der Waals surface area (Å²) in [5, 5.41) is 3.01. The lowest BCUT2D eigenvalue weighted by molar-refractivity contribution is -0.121. The summed E-state index contributed by atoms with van der Waals surface area (Å²) in [7, 11) is 0. The molecule has 0 spiro atoms. The van der Waals surface area contributed by atoms with Crippen LogP contribution >= 0.6 is 15.9 Å². The van der Waals surface area contributed by atoms with Crippen LogP contribution in [0.1, 0.15) is 29.2 Å². The molecule has 3 rings (SSSR count). The number of fused-ring (bicyclic) bond motifs is 1. The summed E-state index contributed by atoms with van der Waals surface area (Å²) in [6, 6.07) is 12.7. The molecule has 0 bridgehead atoms. The maximum Gasteiger partial charge on any atom is 0.224 e. The van der Waals surface area contributed by atoms with Gasteiger partial charge in [-0.3, -0.25) is 4.79 Å². The summed E-state index contributed by atoms with van der Waals surface area (Å²) >= 11 is 3.40. The first-order chi connectivity index (χ1) is 10.1. The van der Waals surface area contributed by atoms with Gasteiger partial charge in [-0.15, -0.1) is 0 Å². The molecular weight excluding hydrogens is 333 g/mol. The zero-order chi connectivity index (χ0) is 14.8. The molecule has 0 saturated heterocycles. The Morgan fingerprint density at radius 2 is 2.10 bits per heavy atom. The van der Waals surface area contributed by atoms with Crippen LogP contribution in [0.15, 0.2) is 46.9 Å². The van der Waals surface area contributed by atoms with Gasteiger partial charge in [-0.2, -0.15) is 0 Å². The largest absolute Gasteiger partial charge is 0.349 e. The zero-order valence-corrected chi connectivity index (χ0v) is 13.0. The third-order valence-corrected chi connectivity index (χ3v) is 4.30. The smallest absolute Gasteiger partial charge is 0.224 e. The number of halogens is 2. The topological polar surface area (TPSA) is 29.1 Å². The number of benzene rings is 2. The Balaban J connectivity index is 1.69. The van der Waals surface area contributed by atoms with Crippen molar-refractivity contribution in [2.24, 2.45) is 0 Å². The third-order valence-electron chi connectivity index (χ3n) is 3.80. The molecule has 2 nitrogen and oxygen atoms in total. The van der Waals surface area contributed by atoms with Crippen LogP contribution in [0.4, 0.5) is 4.39 Å². The van der Waals surface area contributed by atoms with Gasteiger partial charge in [-0.05, 0) is 47.7 Å². The van der Waals surface area contributed by atoms with Crippen molar-refractivity contribution >= 4 is 21.8 Å². The lowest BCUT2D eigenvalue weighted by atomic mass is 10.1. The summed E-state index contributed by atoms with van der Waals surface area (Å²) in [6.45, 7) is 0. The molecule has 0 aliphatic heterocycles. The summed E-state index contributed by atoms with van der Waals surface area (Å²) in [5.41, 5.74) is 2.61. The van der Waals surface area contributed by atoms with Gasteiger partial charge in [0.1, 0.15) is 5.82 Å². The van der Waals surface area contributed by atoms with E-state index in [4.69, 9.17) is 0 Å². The van der Waals surface area contributed by atoms with Crippen LogP contribution in [-0.2, 0) is 17.6 Å². The van der Waals surface area contributed by atoms with Crippen molar-refractivity contribution in [1.29, 1.82) is 0 Å². The number of rotatable bonds is 3. The van der Waals surface area contributed by atoms with E-state index in [1.165, 1.54) is 6.07 Å². The number of carbonyl (C=O) groups excluding carboxylic acids is 1. The molecule has 1 aliphatic rings. The molecule has 0 radical (unpaired) electrons. The number of carbonyl (C=O) groups is 1. The molecule has 1 amide bonds. The molecule has 1 aliphatic carbocycles. The highest BCUT2D eigenvalue weighted by Gasteiger charge is 2.25. The maximum atomic E-state index is 13.7. The molecule has 0 aromatic heterocycles. The van der Waals surface area contributed by atoms with Crippen LogP contribution in [0.2, 0.25) is 0 Å². The first kappa shape index (κ1) is 14.3. The zero-order valence-electron chi connectivity index (χ0n) is 11.4. The Kier molecular flexibility index (Phi) is 4.06. The van der Waals surface area contributed by atoms with Crippen LogP contribution in [0.5, 0.6) is 0 Å². The van der Waals surface area contributed by atoms with Gasteiger partial charge in [0.15, 0.2) is 0 Å². The van der Waals surface area contributed by atoms with E-state index in [2.05, 4.69) is 21.2 Å². The maximum absolute atomic E-state index is 13.7. The highest BCUT2D eigenvalue weighted by Crippen LogP contribution is 2.32. The Morgan fingerprint density at radius 1 is 1.29 bits per heavy atom. The van der Waals surface area contributed by atoms with E-state index in [0.717, 1.165) is 27.6 Å². The Labute approximate surface area is 131 Å². The monoisotopic (exact) mass is 347 g/mol. The molecule has 1 unspecified atom stereocenters. The Bertz CT molecular complexity index is 686. The number of hydrogen-bond donors (Lipinski definition) is 1. The van der Waals surface area contributed by atoms with Crippen molar-refractivity contribution in [1.82, 2.24) is 5.32 Å². The number of hydrogen-bond acceptors (Lipinski definition) is 1. The minimum atomic E-state index is -0.170. The molecule has 2 aromatic rings. The fourth-order valence-corrected chi connectivity index (χ4v) is 3.28. The van der Waals surface area contributed by atoms with Gasteiger partial charge in [-0.25, -0.2) is 4.39 Å². The van der Waals surface area contributed by atoms with E-state index in [0.29, 0.717) is 12.8 Å². The highest BCUT2D eigenvalue weighted by atomic mass is 79.9. The van der Waals surface area contributed by atoms with E-state index >= 15 is 0 Å². The van der Waals surface area contributed by atoms with Crippen LogP contribution < -0.4 is 5.32 Å². The lowest BCUT2D eigenvalue weighted by Crippen LogP contribution is -2.28. The fourth-order valence-electron chi connectivity index (χ4n) is 2.84. The molecule has 1 atom stereocenters. The van der Waals surface area contributed by atoms with Crippen LogP contribution in [0.25, 0.3) is 0 Å². The predicted octanol–water partition coefficient (Wildman–Crippen LogP) is 3.93. The SMILES string of the molecule is O=C(Cc1cccc(Br)c1)NC1CCc2c(F)cccc21. The molecule has 0 saturated carbocycles. The van der Waals surface area contributed by atoms with Crippen molar-refractivity contribution in [2.45, 2.75) is 25.3 Å². The van der Waals surface area contributed by atoms with E-state index in [1.807, 2.05) is 30.3 Å². The second kappa shape index (κ2) is 5.98. The van der Waals surface area contributed by atoms with Crippen molar-refractivity contribution in [2.75, 3.05) is 0 Å². The van der Waals surface area contributed by atoms with Gasteiger partial charge in [0, 0.05) is 4.47 Å². The summed E-state index contributed by atoms with van der Waals surface area (Å²) in [4.78, 5) is 12.2. The average Bonchev–Trinajstić information content (AvgIpc) is 2.83. The van der Waals surface area contributed by atoms with Crippen molar-refractivity contribution in [3.63, 3.8) is 0 Å². The van der Waals surface area contributed by atoms with Crippen molar-refractivity contribution < 1.29 is 9.18 Å². The van der Waals surface area contributed by atoms with Crippen molar-refractivity contribution in [3.05, 3.63) is 69.4 Å². The van der Waals surface area contributed by atoms with Gasteiger partial charge in [-0.1, -0.05) is 40.2 Å². The van der Waals surface area contributed by atoms with E-state index in [9.17, 15) is 9.18 Å². The van der Waals surface area contributed by atoms with Gasteiger partial charge >= 0.3 is 0 Å². The summed E-state index contributed by atoms with van der Waals surface area (Å²) < 4.78 is 14.6. The minimum absolute atomic E-state index is 0.0322. The third kappa shape index (κ3) is 3.16. The van der Waals surface area contributed by atoms with E-state index in [-0.39, 0.29) is 17.8 Å². The molecule has 0 fully saturated rings.